The second kappa shape index (κ2) is 4.66. The van der Waals surface area contributed by atoms with Crippen LogP contribution in [0.2, 0.25) is 0 Å². The molecule has 24 heavy (non-hydrogen) atoms. The Balaban J connectivity index is 1.86. The van der Waals surface area contributed by atoms with Crippen LogP contribution >= 0.6 is 0 Å². The molecular formula is C19H17FN2O2. The van der Waals surface area contributed by atoms with E-state index in [-0.39, 0.29) is 11.5 Å². The van der Waals surface area contributed by atoms with Crippen molar-refractivity contribution in [1.82, 2.24) is 5.32 Å². The standard InChI is InChI=1S/C19H17FN2O2/c1-10-9-19(2,3)21-17-5-11-4-12-6-18(22(23)24)16(20)8-15(12)14(11)7-13(10)17/h4-9,13,21H,1-3H3. The Morgan fingerprint density at radius 1 is 1.29 bits per heavy atom. The number of hydrogen-bond donors (Lipinski definition) is 1. The van der Waals surface area contributed by atoms with Crippen LogP contribution in [-0.4, -0.2) is 10.5 Å². The molecule has 0 radical (unpaired) electrons. The Bertz CT molecular complexity index is 920. The minimum Gasteiger partial charge on any atom is -0.379 e. The lowest BCUT2D eigenvalue weighted by Crippen LogP contribution is -2.43. The van der Waals surface area contributed by atoms with Crippen molar-refractivity contribution in [2.24, 2.45) is 5.92 Å². The molecule has 122 valence electrons. The molecule has 0 bridgehead atoms. The summed E-state index contributed by atoms with van der Waals surface area (Å²) in [5.74, 6) is -0.659. The van der Waals surface area contributed by atoms with Gasteiger partial charge in [0.1, 0.15) is 0 Å². The second-order valence-electron chi connectivity index (χ2n) is 7.14. The number of nitro benzene ring substituents is 1. The first-order valence-electron chi connectivity index (χ1n) is 7.86. The summed E-state index contributed by atoms with van der Waals surface area (Å²) in [5.41, 5.74) is 5.09. The largest absolute Gasteiger partial charge is 0.379 e. The van der Waals surface area contributed by atoms with E-state index in [1.165, 1.54) is 17.7 Å². The van der Waals surface area contributed by atoms with Crippen molar-refractivity contribution in [2.75, 3.05) is 0 Å². The first-order chi connectivity index (χ1) is 11.2. The molecule has 4 rings (SSSR count). The highest BCUT2D eigenvalue weighted by molar-refractivity contribution is 5.98. The molecule has 1 aliphatic heterocycles. The van der Waals surface area contributed by atoms with Crippen molar-refractivity contribution in [1.29, 1.82) is 0 Å². The summed E-state index contributed by atoms with van der Waals surface area (Å²) in [5, 5.41) is 14.5. The van der Waals surface area contributed by atoms with Crippen LogP contribution in [0.3, 0.4) is 0 Å². The molecule has 0 saturated carbocycles. The molecule has 1 heterocycles. The molecule has 1 unspecified atom stereocenters. The summed E-state index contributed by atoms with van der Waals surface area (Å²) in [7, 11) is 0. The molecule has 0 saturated heterocycles. The number of rotatable bonds is 1. The molecule has 5 heteroatoms. The minimum atomic E-state index is -0.792. The van der Waals surface area contributed by atoms with Crippen LogP contribution in [0.25, 0.3) is 11.6 Å². The highest BCUT2D eigenvalue weighted by Gasteiger charge is 2.33. The quantitative estimate of drug-likeness (QED) is 0.474. The Hall–Kier alpha value is -2.69. The van der Waals surface area contributed by atoms with Gasteiger partial charge in [0.15, 0.2) is 0 Å². The van der Waals surface area contributed by atoms with E-state index in [1.54, 1.807) is 0 Å². The van der Waals surface area contributed by atoms with Gasteiger partial charge in [0.25, 0.3) is 0 Å². The number of nitrogens with one attached hydrogen (secondary N) is 1. The normalized spacial score (nSPS) is 22.9. The molecule has 0 fully saturated rings. The fourth-order valence-electron chi connectivity index (χ4n) is 3.85. The average Bonchev–Trinajstić information content (AvgIpc) is 2.80. The van der Waals surface area contributed by atoms with E-state index < -0.39 is 16.4 Å². The molecule has 0 spiro atoms. The summed E-state index contributed by atoms with van der Waals surface area (Å²) in [6.45, 7) is 6.33. The van der Waals surface area contributed by atoms with Crippen molar-refractivity contribution < 1.29 is 9.31 Å². The molecule has 0 aromatic heterocycles. The maximum absolute atomic E-state index is 14.0. The number of benzene rings is 1. The van der Waals surface area contributed by atoms with Gasteiger partial charge in [-0.1, -0.05) is 17.7 Å². The fourth-order valence-corrected chi connectivity index (χ4v) is 3.85. The van der Waals surface area contributed by atoms with Crippen molar-refractivity contribution in [3.63, 3.8) is 0 Å². The van der Waals surface area contributed by atoms with Crippen molar-refractivity contribution >= 4 is 17.3 Å². The Kier molecular flexibility index (Phi) is 2.89. The maximum Gasteiger partial charge on any atom is 0.305 e. The SMILES string of the molecule is CC1=CC(C)(C)NC2=CC3=Cc4cc([N+](=O)[O-])c(F)cc4C3=CC12. The Morgan fingerprint density at radius 2 is 2.04 bits per heavy atom. The fraction of sp³-hybridized carbons (Fsp3) is 0.263. The summed E-state index contributed by atoms with van der Waals surface area (Å²) >= 11 is 0. The van der Waals surface area contributed by atoms with Gasteiger partial charge in [-0.2, -0.15) is 4.39 Å². The van der Waals surface area contributed by atoms with Crippen LogP contribution in [0, 0.1) is 21.8 Å². The second-order valence-corrected chi connectivity index (χ2v) is 7.14. The van der Waals surface area contributed by atoms with E-state index in [2.05, 4.69) is 44.3 Å². The number of fused-ring (bicyclic) bond motifs is 4. The Morgan fingerprint density at radius 3 is 2.75 bits per heavy atom. The molecule has 2 aliphatic carbocycles. The molecule has 1 atom stereocenters. The van der Waals surface area contributed by atoms with E-state index >= 15 is 0 Å². The number of halogens is 1. The van der Waals surface area contributed by atoms with Crippen LogP contribution in [-0.2, 0) is 0 Å². The first-order valence-corrected chi connectivity index (χ1v) is 7.86. The molecule has 0 amide bonds. The van der Waals surface area contributed by atoms with Gasteiger partial charge in [-0.05, 0) is 61.3 Å². The zero-order chi connectivity index (χ0) is 17.2. The smallest absolute Gasteiger partial charge is 0.305 e. The summed E-state index contributed by atoms with van der Waals surface area (Å²) in [6, 6.07) is 2.60. The highest BCUT2D eigenvalue weighted by atomic mass is 19.1. The Labute approximate surface area is 139 Å². The molecule has 1 aromatic carbocycles. The highest BCUT2D eigenvalue weighted by Crippen LogP contribution is 2.45. The van der Waals surface area contributed by atoms with Crippen molar-refractivity contribution in [3.05, 3.63) is 74.3 Å². The number of allylic oxidation sites excluding steroid dienone is 4. The third-order valence-corrected chi connectivity index (χ3v) is 4.75. The van der Waals surface area contributed by atoms with Crippen LogP contribution in [0.4, 0.5) is 10.1 Å². The lowest BCUT2D eigenvalue weighted by Gasteiger charge is -2.38. The predicted molar refractivity (Wildman–Crippen MR) is 91.6 cm³/mol. The van der Waals surface area contributed by atoms with Gasteiger partial charge < -0.3 is 5.32 Å². The maximum atomic E-state index is 14.0. The van der Waals surface area contributed by atoms with Gasteiger partial charge in [0.05, 0.1) is 4.92 Å². The summed E-state index contributed by atoms with van der Waals surface area (Å²) < 4.78 is 14.0. The van der Waals surface area contributed by atoms with E-state index in [9.17, 15) is 14.5 Å². The lowest BCUT2D eigenvalue weighted by molar-refractivity contribution is -0.387. The number of hydrogen-bond acceptors (Lipinski definition) is 3. The van der Waals surface area contributed by atoms with Crippen LogP contribution < -0.4 is 5.32 Å². The van der Waals surface area contributed by atoms with Gasteiger partial charge in [0.2, 0.25) is 5.82 Å². The molecule has 1 N–H and O–H groups in total. The van der Waals surface area contributed by atoms with Crippen LogP contribution in [0.15, 0.2) is 47.2 Å². The minimum absolute atomic E-state index is 0.116. The van der Waals surface area contributed by atoms with Gasteiger partial charge >= 0.3 is 5.69 Å². The van der Waals surface area contributed by atoms with E-state index in [1.807, 2.05) is 6.08 Å². The van der Waals surface area contributed by atoms with Gasteiger partial charge in [-0.3, -0.25) is 10.1 Å². The monoisotopic (exact) mass is 324 g/mol. The van der Waals surface area contributed by atoms with Gasteiger partial charge in [-0.15, -0.1) is 0 Å². The predicted octanol–water partition coefficient (Wildman–Crippen LogP) is 4.36. The zero-order valence-electron chi connectivity index (χ0n) is 13.7. The number of nitro groups is 1. The lowest BCUT2D eigenvalue weighted by atomic mass is 9.80. The van der Waals surface area contributed by atoms with Crippen LogP contribution in [0.5, 0.6) is 0 Å². The van der Waals surface area contributed by atoms with E-state index in [0.717, 1.165) is 22.4 Å². The molecular weight excluding hydrogens is 307 g/mol. The van der Waals surface area contributed by atoms with Gasteiger partial charge in [0, 0.05) is 23.2 Å². The molecule has 4 nitrogen and oxygen atoms in total. The third-order valence-electron chi connectivity index (χ3n) is 4.75. The van der Waals surface area contributed by atoms with E-state index in [4.69, 9.17) is 0 Å². The van der Waals surface area contributed by atoms with Gasteiger partial charge in [-0.25, -0.2) is 0 Å². The third kappa shape index (κ3) is 2.12. The summed E-state index contributed by atoms with van der Waals surface area (Å²) in [4.78, 5) is 10.3. The van der Waals surface area contributed by atoms with Crippen molar-refractivity contribution in [2.45, 2.75) is 26.3 Å². The molecule has 1 aromatic rings. The van der Waals surface area contributed by atoms with E-state index in [0.29, 0.717) is 5.56 Å². The average molecular weight is 324 g/mol. The first kappa shape index (κ1) is 14.9. The summed E-state index contributed by atoms with van der Waals surface area (Å²) in [6.07, 6.45) is 8.28. The van der Waals surface area contributed by atoms with Crippen molar-refractivity contribution in [3.8, 4) is 0 Å². The number of nitrogens with zero attached hydrogens (tertiary/aromatic N) is 1. The van der Waals surface area contributed by atoms with Crippen LogP contribution in [0.1, 0.15) is 31.9 Å². The zero-order valence-corrected chi connectivity index (χ0v) is 13.7. The topological polar surface area (TPSA) is 55.2 Å². The molecule has 3 aliphatic rings.